The molecule has 0 aromatic heterocycles. The Kier molecular flexibility index (Phi) is 4.08. The molecule has 1 fully saturated rings. The van der Waals surface area contributed by atoms with E-state index in [1.807, 2.05) is 27.7 Å². The van der Waals surface area contributed by atoms with Gasteiger partial charge in [-0.15, -0.1) is 0 Å². The Labute approximate surface area is 126 Å². The van der Waals surface area contributed by atoms with Crippen LogP contribution in [-0.4, -0.2) is 28.3 Å². The highest BCUT2D eigenvalue weighted by atomic mass is 16.2. The zero-order chi connectivity index (χ0) is 15.8. The van der Waals surface area contributed by atoms with Gasteiger partial charge in [-0.1, -0.05) is 36.2 Å². The first-order chi connectivity index (χ1) is 9.77. The second-order valence-corrected chi connectivity index (χ2v) is 6.24. The zero-order valence-electron chi connectivity index (χ0n) is 13.5. The summed E-state index contributed by atoms with van der Waals surface area (Å²) in [6.45, 7) is 10.1. The first kappa shape index (κ1) is 15.5. The van der Waals surface area contributed by atoms with Crippen LogP contribution in [0.5, 0.6) is 0 Å². The molecule has 114 valence electrons. The van der Waals surface area contributed by atoms with E-state index in [1.54, 1.807) is 11.8 Å². The van der Waals surface area contributed by atoms with E-state index in [4.69, 9.17) is 0 Å². The van der Waals surface area contributed by atoms with Gasteiger partial charge in [0.25, 0.3) is 0 Å². The van der Waals surface area contributed by atoms with Gasteiger partial charge in [-0.3, -0.25) is 9.59 Å². The number of carbonyl (C=O) groups excluding carboxylic acids is 2. The number of amides is 2. The molecule has 4 nitrogen and oxygen atoms in total. The molecule has 1 saturated heterocycles. The molecule has 4 heteroatoms. The summed E-state index contributed by atoms with van der Waals surface area (Å²) >= 11 is 0. The van der Waals surface area contributed by atoms with Crippen LogP contribution in [0, 0.1) is 13.8 Å². The van der Waals surface area contributed by atoms with Crippen LogP contribution < -0.4 is 5.32 Å². The Hall–Kier alpha value is -1.84. The number of hydrogen-bond acceptors (Lipinski definition) is 2. The van der Waals surface area contributed by atoms with E-state index >= 15 is 0 Å². The van der Waals surface area contributed by atoms with E-state index < -0.39 is 11.6 Å². The normalized spacial score (nSPS) is 26.0. The van der Waals surface area contributed by atoms with E-state index in [9.17, 15) is 9.59 Å². The standard InChI is InChI=1S/C17H24N2O2/c1-6-17(5)16(21)18-13(4)15(20)19(17)10-14-8-11(2)7-12(3)9-14/h7-9,13H,6,10H2,1-5H3,(H,18,21). The van der Waals surface area contributed by atoms with Gasteiger partial charge < -0.3 is 10.2 Å². The molecule has 0 bridgehead atoms. The molecule has 2 unspecified atom stereocenters. The first-order valence-corrected chi connectivity index (χ1v) is 7.47. The van der Waals surface area contributed by atoms with Gasteiger partial charge in [-0.05, 0) is 39.7 Å². The minimum Gasteiger partial charge on any atom is -0.343 e. The minimum absolute atomic E-state index is 0.0156. The quantitative estimate of drug-likeness (QED) is 0.928. The number of hydrogen-bond donors (Lipinski definition) is 1. The van der Waals surface area contributed by atoms with Gasteiger partial charge in [0.1, 0.15) is 11.6 Å². The molecule has 1 aromatic carbocycles. The van der Waals surface area contributed by atoms with Gasteiger partial charge >= 0.3 is 0 Å². The molecule has 21 heavy (non-hydrogen) atoms. The maximum Gasteiger partial charge on any atom is 0.246 e. The lowest BCUT2D eigenvalue weighted by atomic mass is 9.90. The van der Waals surface area contributed by atoms with Crippen molar-refractivity contribution in [3.05, 3.63) is 34.9 Å². The van der Waals surface area contributed by atoms with Crippen LogP contribution in [0.4, 0.5) is 0 Å². The van der Waals surface area contributed by atoms with Crippen molar-refractivity contribution in [1.82, 2.24) is 10.2 Å². The predicted octanol–water partition coefficient (Wildman–Crippen LogP) is 2.32. The van der Waals surface area contributed by atoms with Crippen molar-refractivity contribution in [2.24, 2.45) is 0 Å². The second-order valence-electron chi connectivity index (χ2n) is 6.24. The molecule has 1 heterocycles. The average Bonchev–Trinajstić information content (AvgIpc) is 2.40. The minimum atomic E-state index is -0.777. The van der Waals surface area contributed by atoms with Gasteiger partial charge in [-0.25, -0.2) is 0 Å². The Morgan fingerprint density at radius 2 is 1.76 bits per heavy atom. The summed E-state index contributed by atoms with van der Waals surface area (Å²) < 4.78 is 0. The fourth-order valence-corrected chi connectivity index (χ4v) is 2.96. The second kappa shape index (κ2) is 5.51. The van der Waals surface area contributed by atoms with Gasteiger partial charge in [0.2, 0.25) is 11.8 Å². The van der Waals surface area contributed by atoms with Gasteiger partial charge in [0, 0.05) is 6.54 Å². The number of rotatable bonds is 3. The monoisotopic (exact) mass is 288 g/mol. The number of aryl methyl sites for hydroxylation is 2. The van der Waals surface area contributed by atoms with Crippen molar-refractivity contribution in [2.45, 2.75) is 59.2 Å². The van der Waals surface area contributed by atoms with Crippen LogP contribution in [0.15, 0.2) is 18.2 Å². The summed E-state index contributed by atoms with van der Waals surface area (Å²) in [6.07, 6.45) is 0.599. The van der Waals surface area contributed by atoms with Gasteiger partial charge in [-0.2, -0.15) is 0 Å². The van der Waals surface area contributed by atoms with Crippen molar-refractivity contribution in [1.29, 1.82) is 0 Å². The molecule has 2 atom stereocenters. The van der Waals surface area contributed by atoms with E-state index in [-0.39, 0.29) is 11.8 Å². The molecule has 1 aliphatic heterocycles. The van der Waals surface area contributed by atoms with Gasteiger partial charge in [0.15, 0.2) is 0 Å². The summed E-state index contributed by atoms with van der Waals surface area (Å²) in [6, 6.07) is 5.81. The number of piperazine rings is 1. The van der Waals surface area contributed by atoms with Crippen molar-refractivity contribution in [3.63, 3.8) is 0 Å². The lowest BCUT2D eigenvalue weighted by molar-refractivity contribution is -0.157. The van der Waals surface area contributed by atoms with Crippen LogP contribution in [-0.2, 0) is 16.1 Å². The molecule has 0 spiro atoms. The maximum absolute atomic E-state index is 12.5. The molecule has 0 aliphatic carbocycles. The van der Waals surface area contributed by atoms with Gasteiger partial charge in [0.05, 0.1) is 0 Å². The van der Waals surface area contributed by atoms with Crippen molar-refractivity contribution < 1.29 is 9.59 Å². The van der Waals surface area contributed by atoms with Crippen LogP contribution in [0.25, 0.3) is 0 Å². The first-order valence-electron chi connectivity index (χ1n) is 7.47. The Morgan fingerprint density at radius 3 is 2.29 bits per heavy atom. The smallest absolute Gasteiger partial charge is 0.246 e. The summed E-state index contributed by atoms with van der Waals surface area (Å²) in [4.78, 5) is 26.6. The fraction of sp³-hybridized carbons (Fsp3) is 0.529. The highest BCUT2D eigenvalue weighted by Gasteiger charge is 2.46. The number of nitrogens with one attached hydrogen (secondary N) is 1. The third kappa shape index (κ3) is 2.80. The SMILES string of the molecule is CCC1(C)C(=O)NC(C)C(=O)N1Cc1cc(C)cc(C)c1. The summed E-state index contributed by atoms with van der Waals surface area (Å²) in [5, 5.41) is 2.78. The van der Waals surface area contributed by atoms with E-state index in [1.165, 1.54) is 11.1 Å². The molecule has 0 saturated carbocycles. The van der Waals surface area contributed by atoms with E-state index in [0.717, 1.165) is 5.56 Å². The molecule has 1 aromatic rings. The highest BCUT2D eigenvalue weighted by Crippen LogP contribution is 2.27. The van der Waals surface area contributed by atoms with Crippen LogP contribution in [0.1, 0.15) is 43.9 Å². The van der Waals surface area contributed by atoms with E-state index in [2.05, 4.69) is 23.5 Å². The Balaban J connectivity index is 2.37. The Morgan fingerprint density at radius 1 is 1.19 bits per heavy atom. The molecule has 2 rings (SSSR count). The molecule has 1 aliphatic rings. The van der Waals surface area contributed by atoms with E-state index in [0.29, 0.717) is 13.0 Å². The van der Waals surface area contributed by atoms with Crippen LogP contribution in [0.2, 0.25) is 0 Å². The lowest BCUT2D eigenvalue weighted by Gasteiger charge is -2.45. The van der Waals surface area contributed by atoms with Crippen molar-refractivity contribution in [3.8, 4) is 0 Å². The van der Waals surface area contributed by atoms with Crippen LogP contribution in [0.3, 0.4) is 0 Å². The Bertz CT molecular complexity index is 562. The van der Waals surface area contributed by atoms with Crippen molar-refractivity contribution >= 4 is 11.8 Å². The molecular formula is C17H24N2O2. The molecule has 0 radical (unpaired) electrons. The summed E-state index contributed by atoms with van der Waals surface area (Å²) in [5.41, 5.74) is 2.64. The number of carbonyl (C=O) groups is 2. The lowest BCUT2D eigenvalue weighted by Crippen LogP contribution is -2.68. The topological polar surface area (TPSA) is 49.4 Å². The average molecular weight is 288 g/mol. The largest absolute Gasteiger partial charge is 0.343 e. The zero-order valence-corrected chi connectivity index (χ0v) is 13.5. The summed E-state index contributed by atoms with van der Waals surface area (Å²) in [7, 11) is 0. The molecule has 2 amide bonds. The predicted molar refractivity (Wildman–Crippen MR) is 82.8 cm³/mol. The molecular weight excluding hydrogens is 264 g/mol. The third-order valence-electron chi connectivity index (χ3n) is 4.38. The maximum atomic E-state index is 12.5. The fourth-order valence-electron chi connectivity index (χ4n) is 2.96. The van der Waals surface area contributed by atoms with Crippen molar-refractivity contribution in [2.75, 3.05) is 0 Å². The third-order valence-corrected chi connectivity index (χ3v) is 4.38. The van der Waals surface area contributed by atoms with Crippen LogP contribution >= 0.6 is 0 Å². The highest BCUT2D eigenvalue weighted by molar-refractivity contribution is 5.99. The number of nitrogens with zero attached hydrogens (tertiary/aromatic N) is 1. The molecule has 1 N–H and O–H groups in total. The number of benzene rings is 1. The summed E-state index contributed by atoms with van der Waals surface area (Å²) in [5.74, 6) is -0.0837.